The van der Waals surface area contributed by atoms with E-state index in [1.807, 2.05) is 18.5 Å². The van der Waals surface area contributed by atoms with Crippen molar-refractivity contribution in [1.82, 2.24) is 14.9 Å². The standard InChI is InChI=1S/C18H28N4O/c1-7-19-17(20-8-1)22-11-5-18(6-12-22)3-9-21(10-4-18)14-16-2-13-23-15-16/h1,7-8,16H,2-6,9-15H2. The van der Waals surface area contributed by atoms with Gasteiger partial charge in [0.15, 0.2) is 0 Å². The lowest BCUT2D eigenvalue weighted by molar-refractivity contribution is 0.0681. The molecule has 3 aliphatic heterocycles. The Kier molecular flexibility index (Phi) is 4.49. The van der Waals surface area contributed by atoms with Gasteiger partial charge in [-0.15, -0.1) is 0 Å². The molecule has 3 saturated heterocycles. The van der Waals surface area contributed by atoms with Crippen LogP contribution in [0.3, 0.4) is 0 Å². The fraction of sp³-hybridized carbons (Fsp3) is 0.778. The Morgan fingerprint density at radius 1 is 1.04 bits per heavy atom. The molecule has 1 aromatic heterocycles. The van der Waals surface area contributed by atoms with Gasteiger partial charge in [0.1, 0.15) is 0 Å². The minimum absolute atomic E-state index is 0.577. The molecule has 0 radical (unpaired) electrons. The Balaban J connectivity index is 1.27. The molecule has 1 aromatic rings. The molecule has 126 valence electrons. The van der Waals surface area contributed by atoms with Crippen LogP contribution < -0.4 is 4.90 Å². The summed E-state index contributed by atoms with van der Waals surface area (Å²) >= 11 is 0. The van der Waals surface area contributed by atoms with Crippen molar-refractivity contribution in [2.45, 2.75) is 32.1 Å². The van der Waals surface area contributed by atoms with Gasteiger partial charge in [-0.3, -0.25) is 0 Å². The summed E-state index contributed by atoms with van der Waals surface area (Å²) in [5.41, 5.74) is 0.577. The summed E-state index contributed by atoms with van der Waals surface area (Å²) in [6, 6.07) is 1.89. The smallest absolute Gasteiger partial charge is 0.225 e. The molecular formula is C18H28N4O. The molecule has 3 fully saturated rings. The van der Waals surface area contributed by atoms with E-state index in [9.17, 15) is 0 Å². The van der Waals surface area contributed by atoms with E-state index >= 15 is 0 Å². The lowest BCUT2D eigenvalue weighted by Crippen LogP contribution is -2.48. The van der Waals surface area contributed by atoms with Crippen LogP contribution in [0.1, 0.15) is 32.1 Å². The van der Waals surface area contributed by atoms with Crippen LogP contribution in [-0.4, -0.2) is 60.8 Å². The molecule has 23 heavy (non-hydrogen) atoms. The molecule has 1 unspecified atom stereocenters. The van der Waals surface area contributed by atoms with Crippen LogP contribution in [0.15, 0.2) is 18.5 Å². The third kappa shape index (κ3) is 3.50. The van der Waals surface area contributed by atoms with Crippen molar-refractivity contribution in [3.63, 3.8) is 0 Å². The van der Waals surface area contributed by atoms with Crippen LogP contribution in [0.2, 0.25) is 0 Å². The second kappa shape index (κ2) is 6.73. The van der Waals surface area contributed by atoms with Crippen LogP contribution in [-0.2, 0) is 4.74 Å². The second-order valence-electron chi connectivity index (χ2n) is 7.57. The summed E-state index contributed by atoms with van der Waals surface area (Å²) < 4.78 is 5.52. The quantitative estimate of drug-likeness (QED) is 0.855. The van der Waals surface area contributed by atoms with Crippen LogP contribution in [0.25, 0.3) is 0 Å². The van der Waals surface area contributed by atoms with Gasteiger partial charge < -0.3 is 14.5 Å². The van der Waals surface area contributed by atoms with Crippen LogP contribution in [0.4, 0.5) is 5.95 Å². The van der Waals surface area contributed by atoms with E-state index in [0.29, 0.717) is 5.41 Å². The summed E-state index contributed by atoms with van der Waals surface area (Å²) in [5, 5.41) is 0. The van der Waals surface area contributed by atoms with Crippen molar-refractivity contribution in [3.05, 3.63) is 18.5 Å². The molecule has 3 aliphatic rings. The summed E-state index contributed by atoms with van der Waals surface area (Å²) in [6.07, 6.45) is 10.3. The maximum atomic E-state index is 5.52. The Hall–Kier alpha value is -1.20. The Labute approximate surface area is 139 Å². The molecule has 4 rings (SSSR count). The maximum Gasteiger partial charge on any atom is 0.225 e. The van der Waals surface area contributed by atoms with Gasteiger partial charge in [-0.05, 0) is 62.6 Å². The van der Waals surface area contributed by atoms with Crippen molar-refractivity contribution in [3.8, 4) is 0 Å². The van der Waals surface area contributed by atoms with Crippen LogP contribution in [0, 0.1) is 11.3 Å². The number of rotatable bonds is 3. The zero-order chi connectivity index (χ0) is 15.5. The lowest BCUT2D eigenvalue weighted by Gasteiger charge is -2.47. The molecule has 0 N–H and O–H groups in total. The highest BCUT2D eigenvalue weighted by molar-refractivity contribution is 5.29. The highest BCUT2D eigenvalue weighted by Gasteiger charge is 2.38. The molecule has 4 heterocycles. The predicted octanol–water partition coefficient (Wildman–Crippen LogP) is 2.20. The van der Waals surface area contributed by atoms with Gasteiger partial charge in [0.05, 0.1) is 6.61 Å². The van der Waals surface area contributed by atoms with Gasteiger partial charge >= 0.3 is 0 Å². The molecular weight excluding hydrogens is 288 g/mol. The van der Waals surface area contributed by atoms with Crippen molar-refractivity contribution < 1.29 is 4.74 Å². The number of hydrogen-bond donors (Lipinski definition) is 0. The number of hydrogen-bond acceptors (Lipinski definition) is 5. The van der Waals surface area contributed by atoms with Crippen molar-refractivity contribution in [2.75, 3.05) is 50.8 Å². The average Bonchev–Trinajstić information content (AvgIpc) is 3.12. The number of likely N-dealkylation sites (tertiary alicyclic amines) is 1. The van der Waals surface area contributed by atoms with E-state index in [0.717, 1.165) is 38.2 Å². The van der Waals surface area contributed by atoms with Gasteiger partial charge in [-0.1, -0.05) is 0 Å². The average molecular weight is 316 g/mol. The second-order valence-corrected chi connectivity index (χ2v) is 7.57. The van der Waals surface area contributed by atoms with Crippen molar-refractivity contribution >= 4 is 5.95 Å². The highest BCUT2D eigenvalue weighted by Crippen LogP contribution is 2.41. The van der Waals surface area contributed by atoms with E-state index in [1.54, 1.807) is 0 Å². The Morgan fingerprint density at radius 2 is 1.74 bits per heavy atom. The minimum atomic E-state index is 0.577. The fourth-order valence-electron chi connectivity index (χ4n) is 4.44. The molecule has 0 aliphatic carbocycles. The molecule has 1 atom stereocenters. The van der Waals surface area contributed by atoms with E-state index in [4.69, 9.17) is 4.74 Å². The first-order valence-corrected chi connectivity index (χ1v) is 9.15. The maximum absolute atomic E-state index is 5.52. The van der Waals surface area contributed by atoms with E-state index in [1.165, 1.54) is 51.7 Å². The predicted molar refractivity (Wildman–Crippen MR) is 90.5 cm³/mol. The zero-order valence-electron chi connectivity index (χ0n) is 14.0. The first-order chi connectivity index (χ1) is 11.3. The van der Waals surface area contributed by atoms with Crippen LogP contribution in [0.5, 0.6) is 0 Å². The number of piperidine rings is 2. The highest BCUT2D eigenvalue weighted by atomic mass is 16.5. The summed E-state index contributed by atoms with van der Waals surface area (Å²) in [7, 11) is 0. The SMILES string of the molecule is c1cnc(N2CCC3(CCN(CC4CCOC4)CC3)CC2)nc1. The first kappa shape index (κ1) is 15.3. The van der Waals surface area contributed by atoms with Gasteiger partial charge in [-0.25, -0.2) is 9.97 Å². The summed E-state index contributed by atoms with van der Waals surface area (Å²) in [4.78, 5) is 13.8. The fourth-order valence-corrected chi connectivity index (χ4v) is 4.44. The first-order valence-electron chi connectivity index (χ1n) is 9.15. The topological polar surface area (TPSA) is 41.5 Å². The third-order valence-corrected chi connectivity index (χ3v) is 6.12. The molecule has 0 aromatic carbocycles. The third-order valence-electron chi connectivity index (χ3n) is 6.12. The molecule has 0 saturated carbocycles. The minimum Gasteiger partial charge on any atom is -0.381 e. The van der Waals surface area contributed by atoms with Gasteiger partial charge in [0.2, 0.25) is 5.95 Å². The van der Waals surface area contributed by atoms with Crippen LogP contribution >= 0.6 is 0 Å². The molecule has 5 heteroatoms. The largest absolute Gasteiger partial charge is 0.381 e. The Bertz CT molecular complexity index is 485. The van der Waals surface area contributed by atoms with Crippen molar-refractivity contribution in [1.29, 1.82) is 0 Å². The van der Waals surface area contributed by atoms with Gasteiger partial charge in [-0.2, -0.15) is 0 Å². The van der Waals surface area contributed by atoms with E-state index in [2.05, 4.69) is 19.8 Å². The normalized spacial score (nSPS) is 28.3. The van der Waals surface area contributed by atoms with Crippen molar-refractivity contribution in [2.24, 2.45) is 11.3 Å². The van der Waals surface area contributed by atoms with E-state index < -0.39 is 0 Å². The zero-order valence-corrected chi connectivity index (χ0v) is 14.0. The lowest BCUT2D eigenvalue weighted by atomic mass is 9.71. The number of nitrogens with zero attached hydrogens (tertiary/aromatic N) is 4. The Morgan fingerprint density at radius 3 is 2.39 bits per heavy atom. The monoisotopic (exact) mass is 316 g/mol. The molecule has 0 bridgehead atoms. The molecule has 5 nitrogen and oxygen atoms in total. The molecule has 0 amide bonds. The van der Waals surface area contributed by atoms with E-state index in [-0.39, 0.29) is 0 Å². The summed E-state index contributed by atoms with van der Waals surface area (Å²) in [5.74, 6) is 1.68. The molecule has 1 spiro atoms. The number of aromatic nitrogens is 2. The number of ether oxygens (including phenoxy) is 1. The van der Waals surface area contributed by atoms with Gasteiger partial charge in [0, 0.05) is 38.6 Å². The number of anilines is 1. The summed E-state index contributed by atoms with van der Waals surface area (Å²) in [6.45, 7) is 7.98. The van der Waals surface area contributed by atoms with Gasteiger partial charge in [0.25, 0.3) is 0 Å².